The van der Waals surface area contributed by atoms with Crippen molar-refractivity contribution < 1.29 is 19.4 Å². The van der Waals surface area contributed by atoms with Crippen LogP contribution in [0.1, 0.15) is 44.9 Å². The summed E-state index contributed by atoms with van der Waals surface area (Å²) in [6, 6.07) is 0. The van der Waals surface area contributed by atoms with Crippen LogP contribution in [0.15, 0.2) is 0 Å². The van der Waals surface area contributed by atoms with Gasteiger partial charge >= 0.3 is 11.9 Å². The normalized spacial score (nSPS) is 37.1. The minimum Gasteiger partial charge on any atom is -0.481 e. The van der Waals surface area contributed by atoms with Crippen LogP contribution in [0, 0.1) is 10.8 Å². The second kappa shape index (κ2) is 3.75. The Morgan fingerprint density at radius 2 is 2.00 bits per heavy atom. The molecule has 16 heavy (non-hydrogen) atoms. The summed E-state index contributed by atoms with van der Waals surface area (Å²) < 4.78 is 4.87. The van der Waals surface area contributed by atoms with Gasteiger partial charge in [0.15, 0.2) is 0 Å². The number of carbonyl (C=O) groups excluding carboxylic acids is 1. The minimum absolute atomic E-state index is 0.139. The lowest BCUT2D eigenvalue weighted by molar-refractivity contribution is -0.155. The molecule has 2 saturated carbocycles. The Labute approximate surface area is 95.0 Å². The molecule has 2 rings (SSSR count). The largest absolute Gasteiger partial charge is 0.481 e. The number of aliphatic carboxylic acids is 1. The maximum atomic E-state index is 11.8. The third-order valence-electron chi connectivity index (χ3n) is 4.35. The molecule has 90 valence electrons. The van der Waals surface area contributed by atoms with Crippen LogP contribution in [-0.2, 0) is 14.3 Å². The fourth-order valence-corrected chi connectivity index (χ4v) is 3.68. The zero-order chi connectivity index (χ0) is 11.8. The lowest BCUT2D eigenvalue weighted by Crippen LogP contribution is -2.35. The highest BCUT2D eigenvalue weighted by Crippen LogP contribution is 2.60. The summed E-state index contributed by atoms with van der Waals surface area (Å²) in [7, 11) is 1.42. The monoisotopic (exact) mass is 226 g/mol. The minimum atomic E-state index is -0.748. The van der Waals surface area contributed by atoms with Crippen molar-refractivity contribution in [2.45, 2.75) is 44.9 Å². The summed E-state index contributed by atoms with van der Waals surface area (Å²) in [4.78, 5) is 22.7. The average Bonchev–Trinajstić information content (AvgIpc) is 2.49. The molecule has 2 fully saturated rings. The molecule has 0 spiro atoms. The van der Waals surface area contributed by atoms with Gasteiger partial charge in [-0.25, -0.2) is 0 Å². The van der Waals surface area contributed by atoms with Crippen LogP contribution in [0.3, 0.4) is 0 Å². The van der Waals surface area contributed by atoms with Crippen molar-refractivity contribution in [3.63, 3.8) is 0 Å². The van der Waals surface area contributed by atoms with Gasteiger partial charge in [-0.3, -0.25) is 9.59 Å². The first-order chi connectivity index (χ1) is 7.52. The number of rotatable bonds is 3. The van der Waals surface area contributed by atoms with E-state index in [1.165, 1.54) is 7.11 Å². The third-order valence-corrected chi connectivity index (χ3v) is 4.35. The van der Waals surface area contributed by atoms with E-state index in [0.717, 1.165) is 32.1 Å². The highest BCUT2D eigenvalue weighted by molar-refractivity contribution is 5.78. The molecule has 0 amide bonds. The summed E-state index contributed by atoms with van der Waals surface area (Å²) in [6.45, 7) is 0. The number of carboxylic acid groups (broad SMARTS) is 1. The standard InChI is InChI=1S/C12H18O4/c1-16-10(15)12-4-2-3-11(8-12,5-6-12)7-9(13)14/h2-8H2,1H3,(H,13,14). The predicted molar refractivity (Wildman–Crippen MR) is 56.8 cm³/mol. The number of carbonyl (C=O) groups is 2. The third kappa shape index (κ3) is 1.70. The molecule has 0 heterocycles. The van der Waals surface area contributed by atoms with E-state index in [1.54, 1.807) is 0 Å². The van der Waals surface area contributed by atoms with Crippen LogP contribution in [0.25, 0.3) is 0 Å². The number of methoxy groups -OCH3 is 1. The second-order valence-corrected chi connectivity index (χ2v) is 5.37. The Bertz CT molecular complexity index is 325. The van der Waals surface area contributed by atoms with Gasteiger partial charge in [0.05, 0.1) is 18.9 Å². The van der Waals surface area contributed by atoms with Crippen LogP contribution in [0.2, 0.25) is 0 Å². The zero-order valence-corrected chi connectivity index (χ0v) is 9.62. The van der Waals surface area contributed by atoms with E-state index in [-0.39, 0.29) is 23.2 Å². The van der Waals surface area contributed by atoms with Gasteiger partial charge in [0, 0.05) is 0 Å². The predicted octanol–water partition coefficient (Wildman–Crippen LogP) is 1.97. The van der Waals surface area contributed by atoms with Crippen LogP contribution in [0.5, 0.6) is 0 Å². The molecule has 0 saturated heterocycles. The lowest BCUT2D eigenvalue weighted by Gasteiger charge is -2.36. The summed E-state index contributed by atoms with van der Waals surface area (Å²) in [5.41, 5.74) is -0.513. The highest BCUT2D eigenvalue weighted by Gasteiger charge is 2.55. The van der Waals surface area contributed by atoms with Crippen molar-refractivity contribution in [3.8, 4) is 0 Å². The van der Waals surface area contributed by atoms with E-state index in [1.807, 2.05) is 0 Å². The Kier molecular flexibility index (Phi) is 2.68. The summed E-state index contributed by atoms with van der Waals surface area (Å²) in [6.07, 6.45) is 5.31. The molecule has 1 N–H and O–H groups in total. The fraction of sp³-hybridized carbons (Fsp3) is 0.833. The van der Waals surface area contributed by atoms with Gasteiger partial charge in [-0.15, -0.1) is 0 Å². The molecule has 4 nitrogen and oxygen atoms in total. The van der Waals surface area contributed by atoms with E-state index in [2.05, 4.69) is 0 Å². The van der Waals surface area contributed by atoms with E-state index >= 15 is 0 Å². The van der Waals surface area contributed by atoms with Gasteiger partial charge < -0.3 is 9.84 Å². The molecular formula is C12H18O4. The molecular weight excluding hydrogens is 208 g/mol. The Hall–Kier alpha value is -1.06. The molecule has 0 aromatic carbocycles. The van der Waals surface area contributed by atoms with Gasteiger partial charge in [0.2, 0.25) is 0 Å². The van der Waals surface area contributed by atoms with Crippen molar-refractivity contribution in [3.05, 3.63) is 0 Å². The molecule has 0 aromatic rings. The topological polar surface area (TPSA) is 63.6 Å². The van der Waals surface area contributed by atoms with Crippen LogP contribution in [0.4, 0.5) is 0 Å². The Morgan fingerprint density at radius 3 is 2.62 bits per heavy atom. The van der Waals surface area contributed by atoms with E-state index in [0.29, 0.717) is 6.42 Å². The fourth-order valence-electron chi connectivity index (χ4n) is 3.68. The second-order valence-electron chi connectivity index (χ2n) is 5.37. The van der Waals surface area contributed by atoms with Crippen molar-refractivity contribution in [2.24, 2.45) is 10.8 Å². The van der Waals surface area contributed by atoms with E-state index in [4.69, 9.17) is 9.84 Å². The average molecular weight is 226 g/mol. The van der Waals surface area contributed by atoms with E-state index in [9.17, 15) is 9.59 Å². The summed E-state index contributed by atoms with van der Waals surface area (Å²) in [5.74, 6) is -0.887. The molecule has 2 bridgehead atoms. The number of hydrogen-bond acceptors (Lipinski definition) is 3. The van der Waals surface area contributed by atoms with Gasteiger partial charge in [0.1, 0.15) is 0 Å². The SMILES string of the molecule is COC(=O)C12CCCC(CC(=O)O)(CC1)C2. The van der Waals surface area contributed by atoms with Crippen molar-refractivity contribution >= 4 is 11.9 Å². The number of hydrogen-bond donors (Lipinski definition) is 1. The van der Waals surface area contributed by atoms with Gasteiger partial charge in [-0.1, -0.05) is 6.42 Å². The quantitative estimate of drug-likeness (QED) is 0.747. The smallest absolute Gasteiger partial charge is 0.311 e. The van der Waals surface area contributed by atoms with Crippen LogP contribution in [-0.4, -0.2) is 24.2 Å². The molecule has 0 radical (unpaired) electrons. The highest BCUT2D eigenvalue weighted by atomic mass is 16.5. The first-order valence-corrected chi connectivity index (χ1v) is 5.82. The maximum Gasteiger partial charge on any atom is 0.311 e. The number of fused-ring (bicyclic) bond motifs is 2. The zero-order valence-electron chi connectivity index (χ0n) is 9.62. The molecule has 0 aromatic heterocycles. The van der Waals surface area contributed by atoms with E-state index < -0.39 is 5.97 Å². The van der Waals surface area contributed by atoms with Gasteiger partial charge in [-0.05, 0) is 37.5 Å². The molecule has 0 aliphatic heterocycles. The Morgan fingerprint density at radius 1 is 1.25 bits per heavy atom. The lowest BCUT2D eigenvalue weighted by atomic mass is 9.67. The summed E-state index contributed by atoms with van der Waals surface area (Å²) >= 11 is 0. The number of ether oxygens (including phenoxy) is 1. The first-order valence-electron chi connectivity index (χ1n) is 5.82. The van der Waals surface area contributed by atoms with Gasteiger partial charge in [-0.2, -0.15) is 0 Å². The number of carboxylic acids is 1. The van der Waals surface area contributed by atoms with Crippen LogP contribution >= 0.6 is 0 Å². The molecule has 4 heteroatoms. The van der Waals surface area contributed by atoms with Gasteiger partial charge in [0.25, 0.3) is 0 Å². The molecule has 2 aliphatic rings. The Balaban J connectivity index is 2.18. The van der Waals surface area contributed by atoms with Crippen molar-refractivity contribution in [1.29, 1.82) is 0 Å². The molecule has 2 atom stereocenters. The molecule has 2 aliphatic carbocycles. The maximum absolute atomic E-state index is 11.8. The molecule has 2 unspecified atom stereocenters. The number of esters is 1. The van der Waals surface area contributed by atoms with Crippen molar-refractivity contribution in [2.75, 3.05) is 7.11 Å². The first kappa shape index (κ1) is 11.4. The summed E-state index contributed by atoms with van der Waals surface area (Å²) in [5, 5.41) is 8.94. The van der Waals surface area contributed by atoms with Crippen molar-refractivity contribution in [1.82, 2.24) is 0 Å². The van der Waals surface area contributed by atoms with Crippen LogP contribution < -0.4 is 0 Å².